The molecule has 7 aromatic rings. The second-order valence-electron chi connectivity index (χ2n) is 19.2. The summed E-state index contributed by atoms with van der Waals surface area (Å²) in [6, 6.07) is 19.5. The highest BCUT2D eigenvalue weighted by Crippen LogP contribution is 2.58. The van der Waals surface area contributed by atoms with Crippen LogP contribution in [0.2, 0.25) is 15.1 Å². The van der Waals surface area contributed by atoms with E-state index in [2.05, 4.69) is 54.5 Å². The first kappa shape index (κ1) is 72.2. The molecule has 3 aromatic carbocycles. The van der Waals surface area contributed by atoms with Gasteiger partial charge in [-0.1, -0.05) is 81.4 Å². The molecule has 2 saturated heterocycles. The number of aliphatic hydroxyl groups excluding tert-OH is 3. The number of nitrogens with two attached hydrogens (primary N) is 2. The highest BCUT2D eigenvalue weighted by atomic mass is 35.9. The Morgan fingerprint density at radius 2 is 1.04 bits per heavy atom. The van der Waals surface area contributed by atoms with Crippen LogP contribution < -0.4 is 34.5 Å². The summed E-state index contributed by atoms with van der Waals surface area (Å²) in [6.07, 6.45) is -8.42. The van der Waals surface area contributed by atoms with Gasteiger partial charge in [0.2, 0.25) is 23.7 Å². The fourth-order valence-electron chi connectivity index (χ4n) is 8.30. The van der Waals surface area contributed by atoms with E-state index < -0.39 is 88.1 Å². The number of methoxy groups -OCH3 is 2. The van der Waals surface area contributed by atoms with Crippen molar-refractivity contribution in [2.45, 2.75) is 102 Å². The van der Waals surface area contributed by atoms with Gasteiger partial charge in [0.25, 0.3) is 0 Å². The molecule has 9 rings (SSSR count). The van der Waals surface area contributed by atoms with Gasteiger partial charge in [-0.25, -0.2) is 23.7 Å². The van der Waals surface area contributed by atoms with E-state index in [9.17, 15) is 34.5 Å². The standard InChI is InChI=1S/C21H26ClN8O7P.C12H16N8O4.C9H11Cl2O3P.C6H4Cl3O2P/c1-11(2)36-38(32,37-13-8-6-5-7-12(13)22)34-9-14-16(31)21(3,28-29-24)19(35-14)30-10-25-15-17(30)26-20(23)27-18(15)33-4;1-12(18-19-14)7(22)5(3-21)24-10(12)20-4-15-6-8(20)16-11(13)17-9(6)23-2;1-7(2)13-15(11,12)14-9-6-4-3-5-8(9)10;7-5-3-1-2-4-6(5)11-12(8,9)10/h5-8,10-11,14,16,19,31H,9H2,1-4H3,(H2,23,26,27);4-5,7,10,21-22H,3H2,1-2H3,(H2,13,16,17);3-7H,1-2H3;1-4H/t14-,16-,19-,21-,38?;5-,7-,10-,12-;;/m11../s1. The van der Waals surface area contributed by atoms with Gasteiger partial charge >= 0.3 is 20.8 Å². The lowest BCUT2D eigenvalue weighted by Crippen LogP contribution is -2.42. The van der Waals surface area contributed by atoms with Gasteiger partial charge in [0.15, 0.2) is 34.8 Å². The molecule has 482 valence electrons. The van der Waals surface area contributed by atoms with E-state index in [0.717, 1.165) is 0 Å². The molecule has 0 spiro atoms. The van der Waals surface area contributed by atoms with Crippen molar-refractivity contribution in [2.24, 2.45) is 10.2 Å². The zero-order valence-electron chi connectivity index (χ0n) is 47.8. The van der Waals surface area contributed by atoms with Crippen LogP contribution in [0.4, 0.5) is 11.9 Å². The number of phosphoric acid groups is 1. The Labute approximate surface area is 536 Å². The quantitative estimate of drug-likeness (QED) is 0.0205. The summed E-state index contributed by atoms with van der Waals surface area (Å²) in [5, 5.41) is 39.3. The van der Waals surface area contributed by atoms with Crippen molar-refractivity contribution in [1.82, 2.24) is 39.0 Å². The smallest absolute Gasteiger partial charge is 0.479 e. The van der Waals surface area contributed by atoms with E-state index >= 15 is 0 Å². The number of aromatic nitrogens is 8. The summed E-state index contributed by atoms with van der Waals surface area (Å²) in [6.45, 7) is 5.21. The zero-order chi connectivity index (χ0) is 65.8. The van der Waals surface area contributed by atoms with Crippen LogP contribution in [0.25, 0.3) is 43.2 Å². The first-order valence-electron chi connectivity index (χ1n) is 25.6. The Balaban J connectivity index is 0.000000210. The number of imidazole rings is 2. The zero-order valence-corrected chi connectivity index (χ0v) is 55.0. The predicted molar refractivity (Wildman–Crippen MR) is 330 cm³/mol. The average Bonchev–Trinajstić information content (AvgIpc) is 1.66. The minimum Gasteiger partial charge on any atom is -0.479 e. The molecule has 32 nitrogen and oxygen atoms in total. The largest absolute Gasteiger partial charge is 0.530 e. The van der Waals surface area contributed by atoms with Crippen molar-refractivity contribution in [2.75, 3.05) is 38.9 Å². The topological polar surface area (TPSA) is 441 Å². The number of aliphatic hydroxyl groups is 3. The Morgan fingerprint density at radius 1 is 0.652 bits per heavy atom. The minimum absolute atomic E-state index is 0.0381. The first-order chi connectivity index (χ1) is 41.9. The van der Waals surface area contributed by atoms with Gasteiger partial charge in [-0.2, -0.15) is 19.9 Å². The Kier molecular flexibility index (Phi) is 25.1. The van der Waals surface area contributed by atoms with Gasteiger partial charge in [0.1, 0.15) is 40.5 Å². The molecular weight excluding hydrogens is 1360 g/mol. The Hall–Kier alpha value is -5.91. The van der Waals surface area contributed by atoms with Gasteiger partial charge in [-0.05, 0) is 89.0 Å². The minimum atomic E-state index is -4.25. The lowest BCUT2D eigenvalue weighted by Gasteiger charge is -2.28. The van der Waals surface area contributed by atoms with Crippen LogP contribution in [0.3, 0.4) is 0 Å². The number of hydrogen-bond donors (Lipinski definition) is 5. The van der Waals surface area contributed by atoms with Gasteiger partial charge in [-0.15, -0.1) is 0 Å². The number of nitrogen functional groups attached to an aromatic ring is 2. The first-order valence-corrected chi connectivity index (χ1v) is 34.1. The lowest BCUT2D eigenvalue weighted by atomic mass is 9.93. The van der Waals surface area contributed by atoms with E-state index in [1.165, 1.54) is 62.0 Å². The summed E-state index contributed by atoms with van der Waals surface area (Å²) < 4.78 is 92.1. The number of rotatable bonds is 20. The van der Waals surface area contributed by atoms with Gasteiger partial charge in [-0.3, -0.25) is 22.7 Å². The molecule has 89 heavy (non-hydrogen) atoms. The molecule has 0 aliphatic carbocycles. The van der Waals surface area contributed by atoms with E-state index in [1.807, 2.05) is 0 Å². The SMILES string of the molecule is CC(C)OP(=O)(Cl)Oc1ccccc1Cl.COc1nc(N)nc2c1ncn2[C@@H]1O[C@H](CO)[C@@H](O)[C@@]1(C)N=[N+]=[N-].COc1nc(N)nc2c1ncn2[C@@H]1O[C@H](COP(=O)(Oc2ccccc2Cl)OC(C)C)[C@@H](O)[C@@]1(C)N=[N+]=[N-].O=P(Cl)(Cl)Oc1ccccc1Cl. The van der Waals surface area contributed by atoms with Crippen LogP contribution in [0.5, 0.6) is 29.0 Å². The third-order valence-electron chi connectivity index (χ3n) is 12.1. The normalized spacial score (nSPS) is 22.6. The molecule has 2 aliphatic rings. The van der Waals surface area contributed by atoms with E-state index in [4.69, 9.17) is 127 Å². The summed E-state index contributed by atoms with van der Waals surface area (Å²) in [7, 11) is -1.43. The second kappa shape index (κ2) is 30.9. The number of halogens is 6. The number of nitrogens with zero attached hydrogens (tertiary/aromatic N) is 14. The number of fused-ring (bicyclic) bond motifs is 2. The van der Waals surface area contributed by atoms with Crippen LogP contribution in [0.1, 0.15) is 54.0 Å². The van der Waals surface area contributed by atoms with Crippen LogP contribution in [0.15, 0.2) is 95.7 Å². The number of benzene rings is 3. The number of hydrogen-bond acceptors (Lipinski definition) is 26. The molecule has 4 aromatic heterocycles. The number of para-hydroxylation sites is 3. The number of phosphoric ester groups is 1. The fourth-order valence-corrected chi connectivity index (χ4v) is 12.9. The molecule has 0 radical (unpaired) electrons. The fraction of sp³-hybridized carbons (Fsp3) is 0.417. The lowest BCUT2D eigenvalue weighted by molar-refractivity contribution is -0.0465. The monoisotopic (exact) mass is 1420 g/mol. The Bertz CT molecular complexity index is 3850. The van der Waals surface area contributed by atoms with Gasteiger partial charge < -0.3 is 59.3 Å². The molecule has 2 fully saturated rings. The number of azide groups is 2. The van der Waals surface area contributed by atoms with Crippen molar-refractivity contribution in [1.29, 1.82) is 0 Å². The van der Waals surface area contributed by atoms with Crippen molar-refractivity contribution >= 4 is 124 Å². The summed E-state index contributed by atoms with van der Waals surface area (Å²) >= 11 is 33.6. The van der Waals surface area contributed by atoms with Crippen molar-refractivity contribution in [3.05, 3.63) is 121 Å². The second-order valence-corrected chi connectivity index (χ2v) is 28.7. The van der Waals surface area contributed by atoms with Crippen LogP contribution in [-0.4, -0.2) is 129 Å². The van der Waals surface area contributed by atoms with E-state index in [-0.39, 0.29) is 68.8 Å². The summed E-state index contributed by atoms with van der Waals surface area (Å²) in [5.74, 6) is 0.717. The van der Waals surface area contributed by atoms with Crippen molar-refractivity contribution in [3.8, 4) is 29.0 Å². The Morgan fingerprint density at radius 3 is 1.43 bits per heavy atom. The van der Waals surface area contributed by atoms with Crippen molar-refractivity contribution < 1.29 is 75.1 Å². The molecular formula is C48H57Cl6N16O16P3. The van der Waals surface area contributed by atoms with Gasteiger partial charge in [0.05, 0.1) is 79.6 Å². The maximum Gasteiger partial charge on any atom is 0.530 e. The summed E-state index contributed by atoms with van der Waals surface area (Å²) in [4.78, 5) is 30.4. The molecule has 2 unspecified atom stereocenters. The highest BCUT2D eigenvalue weighted by Gasteiger charge is 2.56. The molecule has 41 heteroatoms. The summed E-state index contributed by atoms with van der Waals surface area (Å²) in [5.41, 5.74) is 27.8. The van der Waals surface area contributed by atoms with Gasteiger partial charge in [0, 0.05) is 43.5 Å². The number of ether oxygens (including phenoxy) is 4. The number of anilines is 2. The van der Waals surface area contributed by atoms with Crippen LogP contribution >= 0.6 is 89.4 Å². The molecule has 7 N–H and O–H groups in total. The maximum absolute atomic E-state index is 13.5. The molecule has 0 bridgehead atoms. The van der Waals surface area contributed by atoms with E-state index in [0.29, 0.717) is 15.6 Å². The van der Waals surface area contributed by atoms with E-state index in [1.54, 1.807) is 88.4 Å². The molecule has 2 aliphatic heterocycles. The predicted octanol–water partition coefficient (Wildman–Crippen LogP) is 12.6. The van der Waals surface area contributed by atoms with Crippen LogP contribution in [0, 0.1) is 0 Å². The maximum atomic E-state index is 13.5. The average molecular weight is 1420 g/mol. The molecule has 6 heterocycles. The molecule has 0 amide bonds. The molecule has 10 atom stereocenters. The van der Waals surface area contributed by atoms with Crippen molar-refractivity contribution in [3.63, 3.8) is 0 Å². The van der Waals surface area contributed by atoms with Crippen LogP contribution in [-0.2, 0) is 36.7 Å². The highest BCUT2D eigenvalue weighted by molar-refractivity contribution is 8.05. The third-order valence-corrected chi connectivity index (χ3v) is 17.0. The molecule has 0 saturated carbocycles. The third kappa shape index (κ3) is 18.2.